The number of nitrogens with zero attached hydrogens (tertiary/aromatic N) is 1. The third kappa shape index (κ3) is 5.63. The summed E-state index contributed by atoms with van der Waals surface area (Å²) in [6.07, 6.45) is 4.50. The molecule has 2 N–H and O–H groups in total. The van der Waals surface area contributed by atoms with Crippen LogP contribution in [0.1, 0.15) is 19.3 Å². The lowest BCUT2D eigenvalue weighted by atomic mass is 10.2. The van der Waals surface area contributed by atoms with Crippen LogP contribution < -0.4 is 5.32 Å². The average Bonchev–Trinajstić information content (AvgIpc) is 2.29. The van der Waals surface area contributed by atoms with Crippen LogP contribution in [-0.2, 0) is 9.47 Å². The Morgan fingerprint density at radius 3 is 2.88 bits per heavy atom. The molecule has 0 aromatic heterocycles. The lowest BCUT2D eigenvalue weighted by Gasteiger charge is -2.23. The maximum Gasteiger partial charge on any atom is 0.207 e. The van der Waals surface area contributed by atoms with E-state index in [1.54, 1.807) is 12.2 Å². The van der Waals surface area contributed by atoms with Crippen LogP contribution in [0.4, 0.5) is 0 Å². The number of aliphatic hydroxyl groups excluding tert-OH is 1. The Morgan fingerprint density at radius 1 is 1.41 bits per heavy atom. The average molecular weight is 240 g/mol. The molecule has 0 saturated carbocycles. The van der Waals surface area contributed by atoms with Gasteiger partial charge in [-0.1, -0.05) is 18.7 Å². The number of ether oxygens (including phenoxy) is 2. The van der Waals surface area contributed by atoms with E-state index in [9.17, 15) is 5.11 Å². The summed E-state index contributed by atoms with van der Waals surface area (Å²) in [7, 11) is 0. The van der Waals surface area contributed by atoms with Gasteiger partial charge >= 0.3 is 0 Å². The Bertz CT molecular complexity index is 279. The van der Waals surface area contributed by atoms with Crippen molar-refractivity contribution in [3.05, 3.63) is 25.3 Å². The van der Waals surface area contributed by atoms with E-state index < -0.39 is 6.35 Å². The van der Waals surface area contributed by atoms with Gasteiger partial charge in [0.25, 0.3) is 0 Å². The molecule has 2 unspecified atom stereocenters. The largest absolute Gasteiger partial charge is 0.477 e. The summed E-state index contributed by atoms with van der Waals surface area (Å²) in [5.74, 6) is 0.548. The van der Waals surface area contributed by atoms with Crippen molar-refractivity contribution >= 4 is 5.90 Å². The number of aliphatic imine (C=N–C) groups is 1. The van der Waals surface area contributed by atoms with E-state index in [1.165, 1.54) is 0 Å². The predicted octanol–water partition coefficient (Wildman–Crippen LogP) is 1.17. The third-order valence-electron chi connectivity index (χ3n) is 2.24. The molecule has 17 heavy (non-hydrogen) atoms. The maximum absolute atomic E-state index is 9.64. The summed E-state index contributed by atoms with van der Waals surface area (Å²) in [6.45, 7) is 8.00. The van der Waals surface area contributed by atoms with Crippen LogP contribution in [0, 0.1) is 0 Å². The van der Waals surface area contributed by atoms with Gasteiger partial charge in [-0.15, -0.1) is 6.58 Å². The van der Waals surface area contributed by atoms with E-state index in [0.717, 1.165) is 12.8 Å². The number of rotatable bonds is 5. The lowest BCUT2D eigenvalue weighted by Crippen LogP contribution is -2.41. The van der Waals surface area contributed by atoms with Crippen LogP contribution in [0.25, 0.3) is 0 Å². The van der Waals surface area contributed by atoms with E-state index in [1.807, 2.05) is 0 Å². The fourth-order valence-corrected chi connectivity index (χ4v) is 1.51. The molecule has 0 aliphatic carbocycles. The Morgan fingerprint density at radius 2 is 2.18 bits per heavy atom. The summed E-state index contributed by atoms with van der Waals surface area (Å²) < 4.78 is 10.8. The molecule has 0 amide bonds. The van der Waals surface area contributed by atoms with Gasteiger partial charge in [0.15, 0.2) is 5.90 Å². The molecular weight excluding hydrogens is 220 g/mol. The molecule has 0 saturated heterocycles. The smallest absolute Gasteiger partial charge is 0.207 e. The Hall–Kier alpha value is -1.17. The van der Waals surface area contributed by atoms with Gasteiger partial charge in [0.1, 0.15) is 12.8 Å². The summed E-state index contributed by atoms with van der Waals surface area (Å²) in [4.78, 5) is 4.02. The summed E-state index contributed by atoms with van der Waals surface area (Å²) >= 11 is 0. The monoisotopic (exact) mass is 240 g/mol. The highest BCUT2D eigenvalue weighted by molar-refractivity contribution is 5.76. The van der Waals surface area contributed by atoms with Crippen LogP contribution in [0.3, 0.4) is 0 Å². The van der Waals surface area contributed by atoms with Crippen molar-refractivity contribution in [3.63, 3.8) is 0 Å². The normalized spacial score (nSPS) is 25.4. The van der Waals surface area contributed by atoms with Crippen LogP contribution in [0.2, 0.25) is 0 Å². The highest BCUT2D eigenvalue weighted by Gasteiger charge is 2.17. The molecule has 96 valence electrons. The second-order valence-corrected chi connectivity index (χ2v) is 3.67. The minimum Gasteiger partial charge on any atom is -0.477 e. The van der Waals surface area contributed by atoms with Crippen molar-refractivity contribution in [1.82, 2.24) is 5.32 Å². The molecule has 1 aliphatic heterocycles. The number of aliphatic hydroxyl groups is 1. The molecule has 0 radical (unpaired) electrons. The maximum atomic E-state index is 9.64. The first-order valence-electron chi connectivity index (χ1n) is 5.73. The molecule has 1 rings (SSSR count). The van der Waals surface area contributed by atoms with Crippen molar-refractivity contribution in [1.29, 1.82) is 0 Å². The Balaban J connectivity index is 2.47. The van der Waals surface area contributed by atoms with Gasteiger partial charge in [-0.2, -0.15) is 0 Å². The van der Waals surface area contributed by atoms with Gasteiger partial charge in [0.2, 0.25) is 6.35 Å². The predicted molar refractivity (Wildman–Crippen MR) is 66.5 cm³/mol. The molecule has 5 heteroatoms. The van der Waals surface area contributed by atoms with Crippen molar-refractivity contribution < 1.29 is 14.6 Å². The first kappa shape index (κ1) is 13.9. The molecule has 0 fully saturated rings. The van der Waals surface area contributed by atoms with Crippen LogP contribution in [-0.4, -0.2) is 36.8 Å². The molecule has 0 aromatic rings. The highest BCUT2D eigenvalue weighted by atomic mass is 16.5. The highest BCUT2D eigenvalue weighted by Crippen LogP contribution is 2.09. The number of nitrogens with one attached hydrogen (secondary N) is 1. The van der Waals surface area contributed by atoms with Gasteiger partial charge in [-0.25, -0.2) is 10.3 Å². The van der Waals surface area contributed by atoms with E-state index in [2.05, 4.69) is 23.5 Å². The molecule has 0 aromatic carbocycles. The van der Waals surface area contributed by atoms with E-state index in [-0.39, 0.29) is 6.23 Å². The Labute approximate surface area is 102 Å². The van der Waals surface area contributed by atoms with Crippen molar-refractivity contribution in [2.75, 3.05) is 13.2 Å². The fourth-order valence-electron chi connectivity index (χ4n) is 1.51. The molecule has 2 atom stereocenters. The first-order chi connectivity index (χ1) is 8.26. The summed E-state index contributed by atoms with van der Waals surface area (Å²) in [6, 6.07) is 0. The summed E-state index contributed by atoms with van der Waals surface area (Å²) in [5.41, 5.74) is 0. The van der Waals surface area contributed by atoms with Crippen LogP contribution in [0.15, 0.2) is 30.3 Å². The second-order valence-electron chi connectivity index (χ2n) is 3.67. The van der Waals surface area contributed by atoms with Gasteiger partial charge in [-0.3, -0.25) is 0 Å². The zero-order valence-electron chi connectivity index (χ0n) is 9.97. The lowest BCUT2D eigenvalue weighted by molar-refractivity contribution is -0.00858. The van der Waals surface area contributed by atoms with Crippen molar-refractivity contribution in [2.24, 2.45) is 4.99 Å². The number of hydrogen-bond acceptors (Lipinski definition) is 5. The van der Waals surface area contributed by atoms with Crippen LogP contribution >= 0.6 is 0 Å². The molecule has 1 heterocycles. The minimum absolute atomic E-state index is 0.201. The zero-order valence-corrected chi connectivity index (χ0v) is 9.97. The van der Waals surface area contributed by atoms with E-state index in [0.29, 0.717) is 25.5 Å². The Kier molecular flexibility index (Phi) is 6.54. The van der Waals surface area contributed by atoms with Gasteiger partial charge in [-0.05, 0) is 12.8 Å². The van der Waals surface area contributed by atoms with Crippen molar-refractivity contribution in [3.8, 4) is 0 Å². The van der Waals surface area contributed by atoms with Gasteiger partial charge in [0.05, 0.1) is 6.61 Å². The molecule has 0 bridgehead atoms. The van der Waals surface area contributed by atoms with Gasteiger partial charge < -0.3 is 14.6 Å². The molecule has 1 aliphatic rings. The quantitative estimate of drug-likeness (QED) is 0.708. The van der Waals surface area contributed by atoms with Crippen LogP contribution in [0.5, 0.6) is 0 Å². The summed E-state index contributed by atoms with van der Waals surface area (Å²) in [5, 5.41) is 12.5. The minimum atomic E-state index is -0.995. The SMILES string of the molecule is C=CCOC1=NC(O)NC(OCC=C)CCC1. The topological polar surface area (TPSA) is 63.1 Å². The first-order valence-corrected chi connectivity index (χ1v) is 5.73. The molecule has 0 spiro atoms. The second kappa shape index (κ2) is 8.00. The zero-order chi connectivity index (χ0) is 12.5. The number of hydrogen-bond donors (Lipinski definition) is 2. The van der Waals surface area contributed by atoms with E-state index >= 15 is 0 Å². The van der Waals surface area contributed by atoms with Crippen molar-refractivity contribution in [2.45, 2.75) is 31.8 Å². The molecule has 5 nitrogen and oxygen atoms in total. The van der Waals surface area contributed by atoms with E-state index in [4.69, 9.17) is 9.47 Å². The van der Waals surface area contributed by atoms with Gasteiger partial charge in [0, 0.05) is 6.42 Å². The fraction of sp³-hybridized carbons (Fsp3) is 0.583. The molecular formula is C12H20N2O3. The third-order valence-corrected chi connectivity index (χ3v) is 2.24. The standard InChI is InChI=1S/C12H20N2O3/c1-3-8-16-10-6-5-7-11(17-9-4-2)14-12(15)13-10/h3-4,10,12-13,15H,1-2,5-9H2.